The quantitative estimate of drug-likeness (QED) is 0.789. The third-order valence-electron chi connectivity index (χ3n) is 4.55. The lowest BCUT2D eigenvalue weighted by Crippen LogP contribution is -2.48. The predicted molar refractivity (Wildman–Crippen MR) is 96.6 cm³/mol. The van der Waals surface area contributed by atoms with E-state index in [9.17, 15) is 19.5 Å². The third kappa shape index (κ3) is 3.76. The van der Waals surface area contributed by atoms with Crippen molar-refractivity contribution >= 4 is 18.0 Å². The van der Waals surface area contributed by atoms with Gasteiger partial charge >= 0.3 is 18.0 Å². The van der Waals surface area contributed by atoms with E-state index in [0.29, 0.717) is 0 Å². The fourth-order valence-corrected chi connectivity index (χ4v) is 3.28. The summed E-state index contributed by atoms with van der Waals surface area (Å²) in [5.41, 5.74) is 1.58. The molecule has 1 aliphatic rings. The van der Waals surface area contributed by atoms with Gasteiger partial charge in [0.2, 0.25) is 0 Å². The number of benzene rings is 2. The van der Waals surface area contributed by atoms with Crippen molar-refractivity contribution in [1.82, 2.24) is 9.80 Å². The lowest BCUT2D eigenvalue weighted by molar-refractivity contribution is -0.153. The second-order valence-corrected chi connectivity index (χ2v) is 6.26. The van der Waals surface area contributed by atoms with Gasteiger partial charge in [0.1, 0.15) is 0 Å². The van der Waals surface area contributed by atoms with Crippen molar-refractivity contribution in [2.24, 2.45) is 0 Å². The molecule has 7 nitrogen and oxygen atoms in total. The van der Waals surface area contributed by atoms with E-state index in [2.05, 4.69) is 0 Å². The molecule has 7 heteroatoms. The van der Waals surface area contributed by atoms with Crippen molar-refractivity contribution in [1.29, 1.82) is 0 Å². The minimum Gasteiger partial charge on any atom is -0.480 e. The van der Waals surface area contributed by atoms with Gasteiger partial charge in [-0.3, -0.25) is 0 Å². The highest BCUT2D eigenvalue weighted by molar-refractivity contribution is 5.96. The second-order valence-electron chi connectivity index (χ2n) is 6.26. The monoisotopic (exact) mass is 368 g/mol. The van der Waals surface area contributed by atoms with Gasteiger partial charge in [-0.05, 0) is 11.1 Å². The molecule has 1 heterocycles. The Balaban J connectivity index is 1.96. The molecule has 0 saturated carbocycles. The van der Waals surface area contributed by atoms with Crippen LogP contribution in [0, 0.1) is 0 Å². The highest BCUT2D eigenvalue weighted by Gasteiger charge is 2.53. The van der Waals surface area contributed by atoms with E-state index in [4.69, 9.17) is 4.74 Å². The molecule has 0 radical (unpaired) electrons. The summed E-state index contributed by atoms with van der Waals surface area (Å²) in [5, 5.41) is 9.75. The lowest BCUT2D eigenvalue weighted by Gasteiger charge is -2.23. The maximum Gasteiger partial charge on any atom is 0.331 e. The van der Waals surface area contributed by atoms with E-state index >= 15 is 0 Å². The number of esters is 1. The molecule has 3 rings (SSSR count). The number of nitrogens with zero attached hydrogens (tertiary/aromatic N) is 2. The number of urea groups is 1. The van der Waals surface area contributed by atoms with Crippen molar-refractivity contribution in [3.8, 4) is 0 Å². The highest BCUT2D eigenvalue weighted by atomic mass is 16.5. The molecule has 2 amide bonds. The molecule has 0 aromatic heterocycles. The van der Waals surface area contributed by atoms with Gasteiger partial charge in [-0.2, -0.15) is 0 Å². The first-order valence-corrected chi connectivity index (χ1v) is 8.48. The standard InChI is InChI=1S/C20H20N2O5/c1-27-19(25)17-16(18(23)24)21(12-14-8-4-2-5-9-14)20(26)22(17)13-15-10-6-3-7-11-15/h2-11,16-17H,12-13H2,1H3,(H,23,24)/t16-,17-/m0/s1. The van der Waals surface area contributed by atoms with Crippen LogP contribution in [0.15, 0.2) is 60.7 Å². The summed E-state index contributed by atoms with van der Waals surface area (Å²) in [7, 11) is 1.19. The van der Waals surface area contributed by atoms with Gasteiger partial charge in [0.05, 0.1) is 7.11 Å². The van der Waals surface area contributed by atoms with Crippen molar-refractivity contribution < 1.29 is 24.2 Å². The molecule has 0 bridgehead atoms. The molecular weight excluding hydrogens is 348 g/mol. The Bertz CT molecular complexity index is 825. The number of carboxylic acid groups (broad SMARTS) is 1. The maximum atomic E-state index is 13.0. The molecule has 0 unspecified atom stereocenters. The zero-order chi connectivity index (χ0) is 19.4. The molecule has 2 aromatic rings. The van der Waals surface area contributed by atoms with E-state index in [-0.39, 0.29) is 13.1 Å². The Morgan fingerprint density at radius 1 is 0.889 bits per heavy atom. The smallest absolute Gasteiger partial charge is 0.331 e. The SMILES string of the molecule is COC(=O)[C@@H]1[C@@H](C(=O)O)N(Cc2ccccc2)C(=O)N1Cc1ccccc1. The summed E-state index contributed by atoms with van der Waals surface area (Å²) < 4.78 is 4.81. The Kier molecular flexibility index (Phi) is 5.40. The van der Waals surface area contributed by atoms with Crippen LogP contribution in [0.2, 0.25) is 0 Å². The van der Waals surface area contributed by atoms with Gasteiger partial charge in [0.15, 0.2) is 12.1 Å². The molecule has 1 fully saturated rings. The number of aliphatic carboxylic acids is 1. The summed E-state index contributed by atoms with van der Waals surface area (Å²) in [6.07, 6.45) is 0. The van der Waals surface area contributed by atoms with E-state index < -0.39 is 30.1 Å². The summed E-state index contributed by atoms with van der Waals surface area (Å²) in [6, 6.07) is 15.1. The van der Waals surface area contributed by atoms with E-state index in [0.717, 1.165) is 11.1 Å². The molecule has 2 atom stereocenters. The molecule has 1 aliphatic heterocycles. The van der Waals surface area contributed by atoms with E-state index in [1.807, 2.05) is 48.5 Å². The zero-order valence-corrected chi connectivity index (χ0v) is 14.8. The fourth-order valence-electron chi connectivity index (χ4n) is 3.28. The van der Waals surface area contributed by atoms with Crippen LogP contribution < -0.4 is 0 Å². The number of hydrogen-bond acceptors (Lipinski definition) is 4. The predicted octanol–water partition coefficient (Wildman–Crippen LogP) is 2.12. The lowest BCUT2D eigenvalue weighted by atomic mass is 10.1. The molecule has 27 heavy (non-hydrogen) atoms. The van der Waals surface area contributed by atoms with Crippen molar-refractivity contribution in [2.75, 3.05) is 7.11 Å². The van der Waals surface area contributed by atoms with Gasteiger partial charge < -0.3 is 19.6 Å². The summed E-state index contributed by atoms with van der Waals surface area (Å²) >= 11 is 0. The fraction of sp³-hybridized carbons (Fsp3) is 0.250. The normalized spacial score (nSPS) is 19.2. The molecule has 1 N–H and O–H groups in total. The number of carboxylic acids is 1. The Morgan fingerprint density at radius 2 is 1.33 bits per heavy atom. The number of methoxy groups -OCH3 is 1. The molecule has 2 aromatic carbocycles. The number of carbonyl (C=O) groups is 3. The molecule has 0 aliphatic carbocycles. The van der Waals surface area contributed by atoms with Crippen molar-refractivity contribution in [3.63, 3.8) is 0 Å². The number of amides is 2. The Labute approximate surface area is 156 Å². The van der Waals surface area contributed by atoms with Crippen LogP contribution >= 0.6 is 0 Å². The van der Waals surface area contributed by atoms with Crippen LogP contribution in [0.4, 0.5) is 4.79 Å². The van der Waals surface area contributed by atoms with Gasteiger partial charge in [-0.1, -0.05) is 60.7 Å². The summed E-state index contributed by atoms with van der Waals surface area (Å²) in [4.78, 5) is 39.8. The first kappa shape index (κ1) is 18.4. The van der Waals surface area contributed by atoms with Crippen LogP contribution in [0.5, 0.6) is 0 Å². The van der Waals surface area contributed by atoms with Gasteiger partial charge in [0, 0.05) is 13.1 Å². The molecule has 0 spiro atoms. The minimum absolute atomic E-state index is 0.0927. The van der Waals surface area contributed by atoms with E-state index in [1.165, 1.54) is 16.9 Å². The number of carbonyl (C=O) groups excluding carboxylic acids is 2. The van der Waals surface area contributed by atoms with Crippen LogP contribution in [0.1, 0.15) is 11.1 Å². The Morgan fingerprint density at radius 3 is 1.74 bits per heavy atom. The van der Waals surface area contributed by atoms with Gasteiger partial charge in [-0.25, -0.2) is 14.4 Å². The second kappa shape index (κ2) is 7.90. The Hall–Kier alpha value is -3.35. The average Bonchev–Trinajstić information content (AvgIpc) is 2.95. The maximum absolute atomic E-state index is 13.0. The average molecular weight is 368 g/mol. The zero-order valence-electron chi connectivity index (χ0n) is 14.8. The first-order chi connectivity index (χ1) is 13.0. The molecule has 140 valence electrons. The van der Waals surface area contributed by atoms with Crippen LogP contribution in [-0.2, 0) is 27.4 Å². The van der Waals surface area contributed by atoms with Gasteiger partial charge in [0.25, 0.3) is 0 Å². The number of hydrogen-bond donors (Lipinski definition) is 1. The van der Waals surface area contributed by atoms with E-state index in [1.54, 1.807) is 12.1 Å². The van der Waals surface area contributed by atoms with Crippen molar-refractivity contribution in [2.45, 2.75) is 25.2 Å². The number of rotatable bonds is 6. The van der Waals surface area contributed by atoms with Crippen molar-refractivity contribution in [3.05, 3.63) is 71.8 Å². The topological polar surface area (TPSA) is 87.1 Å². The number of ether oxygens (including phenoxy) is 1. The van der Waals surface area contributed by atoms with Crippen LogP contribution in [0.25, 0.3) is 0 Å². The largest absolute Gasteiger partial charge is 0.480 e. The highest BCUT2D eigenvalue weighted by Crippen LogP contribution is 2.28. The van der Waals surface area contributed by atoms with Gasteiger partial charge in [-0.15, -0.1) is 0 Å². The first-order valence-electron chi connectivity index (χ1n) is 8.48. The minimum atomic E-state index is -1.33. The van der Waals surface area contributed by atoms with Crippen LogP contribution in [0.3, 0.4) is 0 Å². The summed E-state index contributed by atoms with van der Waals surface area (Å²) in [6.45, 7) is 0.212. The molecular formula is C20H20N2O5. The third-order valence-corrected chi connectivity index (χ3v) is 4.55. The molecule has 1 saturated heterocycles. The van der Waals surface area contributed by atoms with Crippen LogP contribution in [-0.4, -0.2) is 52.1 Å². The summed E-state index contributed by atoms with van der Waals surface area (Å²) in [5.74, 6) is -1.99.